The van der Waals surface area contributed by atoms with Gasteiger partial charge >= 0.3 is 0 Å². The average molecular weight is 437 g/mol. The quantitative estimate of drug-likeness (QED) is 0.388. The van der Waals surface area contributed by atoms with E-state index in [0.717, 1.165) is 0 Å². The molecule has 2 saturated heterocycles. The third-order valence-corrected chi connectivity index (χ3v) is 9.85. The van der Waals surface area contributed by atoms with Crippen molar-refractivity contribution in [3.8, 4) is 0 Å². The first kappa shape index (κ1) is 20.7. The second-order valence-corrected chi connectivity index (χ2v) is 11.8. The number of ketones is 1. The fourth-order valence-corrected chi connectivity index (χ4v) is 8.04. The van der Waals surface area contributed by atoms with E-state index in [4.69, 9.17) is 14.2 Å². The Labute approximate surface area is 181 Å². The molecule has 4 aliphatic carbocycles. The lowest BCUT2D eigenvalue weighted by Gasteiger charge is -2.53. The summed E-state index contributed by atoms with van der Waals surface area (Å²) in [7, 11) is 0. The minimum atomic E-state index is -2.06. The molecular weight excluding hydrogens is 404 g/mol. The van der Waals surface area contributed by atoms with Crippen LogP contribution in [0.1, 0.15) is 41.5 Å². The van der Waals surface area contributed by atoms with Gasteiger partial charge in [-0.1, -0.05) is 26.8 Å². The molecule has 172 valence electrons. The lowest BCUT2D eigenvalue weighted by molar-refractivity contribution is -0.329. The number of hydrogen-bond acceptors (Lipinski definition) is 8. The maximum atomic E-state index is 13.4. The largest absolute Gasteiger partial charge is 0.390 e. The van der Waals surface area contributed by atoms with Crippen molar-refractivity contribution in [2.45, 2.75) is 88.0 Å². The van der Waals surface area contributed by atoms with Gasteiger partial charge in [-0.05, 0) is 26.3 Å². The van der Waals surface area contributed by atoms with E-state index >= 15 is 0 Å². The second-order valence-electron chi connectivity index (χ2n) is 11.8. The average Bonchev–Trinajstić information content (AvgIpc) is 3.48. The number of carbonyl (C=O) groups is 1. The highest BCUT2D eigenvalue weighted by atomic mass is 16.8. The standard InChI is InChI=1S/C23H32O8/c1-9-7-11-21(26)10(2)15(25)23(28)13(18(23,3)4)12(21)16-20(30-16)8-29-19(5,6)31-17(20)22(11,27)14(9)24/h7,10-13,15-17,25-28H,8H2,1-6H3/t10-,11+,12?,13-,15-,16+,17-,20+,21+,22-,23-/m1/s1. The molecule has 1 unspecified atom stereocenters. The van der Waals surface area contributed by atoms with Crippen molar-refractivity contribution in [3.05, 3.63) is 11.6 Å². The summed E-state index contributed by atoms with van der Waals surface area (Å²) in [4.78, 5) is 13.4. The van der Waals surface area contributed by atoms with Crippen LogP contribution in [-0.4, -0.2) is 79.3 Å². The third kappa shape index (κ3) is 1.87. The van der Waals surface area contributed by atoms with Gasteiger partial charge in [0.25, 0.3) is 0 Å². The molecule has 8 heteroatoms. The molecule has 11 atom stereocenters. The Balaban J connectivity index is 1.61. The van der Waals surface area contributed by atoms with Gasteiger partial charge in [0.1, 0.15) is 17.3 Å². The Morgan fingerprint density at radius 1 is 1.10 bits per heavy atom. The van der Waals surface area contributed by atoms with Crippen molar-refractivity contribution in [1.29, 1.82) is 0 Å². The smallest absolute Gasteiger partial charge is 0.193 e. The molecule has 0 aromatic carbocycles. The first-order valence-electron chi connectivity index (χ1n) is 11.2. The number of carbonyl (C=O) groups excluding carboxylic acids is 1. The van der Waals surface area contributed by atoms with Crippen LogP contribution in [0.25, 0.3) is 0 Å². The first-order chi connectivity index (χ1) is 14.1. The minimum absolute atomic E-state index is 0.103. The van der Waals surface area contributed by atoms with Gasteiger partial charge in [-0.2, -0.15) is 0 Å². The molecule has 0 radical (unpaired) electrons. The van der Waals surface area contributed by atoms with Crippen LogP contribution in [0, 0.1) is 29.1 Å². The van der Waals surface area contributed by atoms with Gasteiger partial charge in [0.15, 0.2) is 17.2 Å². The van der Waals surface area contributed by atoms with Crippen LogP contribution in [0.4, 0.5) is 0 Å². The van der Waals surface area contributed by atoms with Gasteiger partial charge in [-0.15, -0.1) is 0 Å². The summed E-state index contributed by atoms with van der Waals surface area (Å²) in [6, 6.07) is 0. The van der Waals surface area contributed by atoms with Crippen molar-refractivity contribution in [1.82, 2.24) is 0 Å². The number of ether oxygens (including phenoxy) is 3. The van der Waals surface area contributed by atoms with E-state index in [1.54, 1.807) is 33.8 Å². The predicted molar refractivity (Wildman–Crippen MR) is 106 cm³/mol. The van der Waals surface area contributed by atoms with E-state index in [9.17, 15) is 25.2 Å². The van der Waals surface area contributed by atoms with Crippen LogP contribution >= 0.6 is 0 Å². The molecule has 1 spiro atoms. The van der Waals surface area contributed by atoms with Crippen LogP contribution in [0.3, 0.4) is 0 Å². The Morgan fingerprint density at radius 2 is 1.74 bits per heavy atom. The Hall–Kier alpha value is -0.870. The molecule has 8 nitrogen and oxygen atoms in total. The Bertz CT molecular complexity index is 942. The van der Waals surface area contributed by atoms with Gasteiger partial charge in [-0.25, -0.2) is 0 Å². The van der Waals surface area contributed by atoms with Crippen LogP contribution in [0.2, 0.25) is 0 Å². The molecular formula is C23H32O8. The number of epoxide rings is 1. The summed E-state index contributed by atoms with van der Waals surface area (Å²) in [5.41, 5.74) is -6.56. The summed E-state index contributed by atoms with van der Waals surface area (Å²) >= 11 is 0. The normalized spacial score (nSPS) is 62.3. The molecule has 2 aliphatic heterocycles. The van der Waals surface area contributed by atoms with Crippen molar-refractivity contribution >= 4 is 5.78 Å². The summed E-state index contributed by atoms with van der Waals surface area (Å²) in [5.74, 6) is -4.46. The van der Waals surface area contributed by atoms with Crippen molar-refractivity contribution in [2.24, 2.45) is 29.1 Å². The summed E-state index contributed by atoms with van der Waals surface area (Å²) in [6.45, 7) is 10.6. The molecule has 31 heavy (non-hydrogen) atoms. The number of aliphatic hydroxyl groups excluding tert-OH is 1. The highest BCUT2D eigenvalue weighted by molar-refractivity contribution is 6.05. The highest BCUT2D eigenvalue weighted by Crippen LogP contribution is 2.78. The first-order valence-corrected chi connectivity index (χ1v) is 11.2. The zero-order valence-electron chi connectivity index (χ0n) is 18.7. The molecule has 2 heterocycles. The van der Waals surface area contributed by atoms with Crippen LogP contribution in [-0.2, 0) is 19.0 Å². The summed E-state index contributed by atoms with van der Waals surface area (Å²) in [6.07, 6.45) is -1.22. The van der Waals surface area contributed by atoms with Crippen molar-refractivity contribution in [3.63, 3.8) is 0 Å². The van der Waals surface area contributed by atoms with Crippen molar-refractivity contribution in [2.75, 3.05) is 6.61 Å². The lowest BCUT2D eigenvalue weighted by atomic mass is 9.58. The molecule has 6 aliphatic rings. The monoisotopic (exact) mass is 436 g/mol. The molecule has 0 aromatic heterocycles. The molecule has 0 aromatic rings. The van der Waals surface area contributed by atoms with E-state index in [2.05, 4.69) is 0 Å². The molecule has 4 N–H and O–H groups in total. The Kier molecular flexibility index (Phi) is 3.42. The van der Waals surface area contributed by atoms with Gasteiger partial charge in [0.2, 0.25) is 0 Å². The molecule has 3 saturated carbocycles. The zero-order chi connectivity index (χ0) is 22.7. The van der Waals surface area contributed by atoms with E-state index in [-0.39, 0.29) is 6.61 Å². The fourth-order valence-electron chi connectivity index (χ4n) is 8.04. The SMILES string of the molecule is CC1=C[C@@H]2[C@@](O)(C1=O)[C@@H]1OC(C)(C)OC[C@@]13O[C@H]3C1[C@@H]3C(C)(C)[C@]3(O)[C@H](O)[C@@H](C)[C@@]12O. The van der Waals surface area contributed by atoms with E-state index in [1.807, 2.05) is 13.8 Å². The van der Waals surface area contributed by atoms with Gasteiger partial charge < -0.3 is 34.6 Å². The molecule has 0 bridgehead atoms. The number of hydrogen-bond donors (Lipinski definition) is 4. The maximum Gasteiger partial charge on any atom is 0.193 e. The van der Waals surface area contributed by atoms with Gasteiger partial charge in [-0.3, -0.25) is 4.79 Å². The van der Waals surface area contributed by atoms with E-state index < -0.39 is 81.4 Å². The van der Waals surface area contributed by atoms with Gasteiger partial charge in [0, 0.05) is 29.1 Å². The van der Waals surface area contributed by atoms with Crippen LogP contribution in [0.15, 0.2) is 11.6 Å². The van der Waals surface area contributed by atoms with E-state index in [0.29, 0.717) is 5.57 Å². The minimum Gasteiger partial charge on any atom is -0.390 e. The number of aliphatic hydroxyl groups is 4. The second kappa shape index (κ2) is 5.12. The third-order valence-electron chi connectivity index (χ3n) is 9.85. The maximum absolute atomic E-state index is 13.4. The van der Waals surface area contributed by atoms with Crippen LogP contribution in [0.5, 0.6) is 0 Å². The summed E-state index contributed by atoms with van der Waals surface area (Å²) < 4.78 is 18.3. The Morgan fingerprint density at radius 3 is 2.39 bits per heavy atom. The lowest BCUT2D eigenvalue weighted by Crippen LogP contribution is -2.70. The molecule has 0 amide bonds. The topological polar surface area (TPSA) is 129 Å². The predicted octanol–water partition coefficient (Wildman–Crippen LogP) is -0.0896. The van der Waals surface area contributed by atoms with E-state index in [1.165, 1.54) is 0 Å². The summed E-state index contributed by atoms with van der Waals surface area (Å²) in [5, 5.41) is 47.1. The molecule has 5 fully saturated rings. The number of Topliss-reactive ketones (excluding diaryl/α,β-unsaturated/α-hetero) is 1. The highest BCUT2D eigenvalue weighted by Gasteiger charge is 2.91. The molecule has 6 rings (SSSR count). The van der Waals surface area contributed by atoms with Crippen LogP contribution < -0.4 is 0 Å². The number of rotatable bonds is 0. The van der Waals surface area contributed by atoms with Crippen molar-refractivity contribution < 1.29 is 39.4 Å². The number of fused-ring (bicyclic) bond motifs is 7. The zero-order valence-corrected chi connectivity index (χ0v) is 18.7. The van der Waals surface area contributed by atoms with Gasteiger partial charge in [0.05, 0.1) is 24.4 Å². The fraction of sp³-hybridized carbons (Fsp3) is 0.870.